The molecule has 0 amide bonds. The molecule has 0 bridgehead atoms. The highest BCUT2D eigenvalue weighted by Crippen LogP contribution is 2.40. The van der Waals surface area contributed by atoms with Crippen LogP contribution in [-0.4, -0.2) is 19.1 Å². The van der Waals surface area contributed by atoms with Crippen LogP contribution in [0.4, 0.5) is 8.78 Å². The summed E-state index contributed by atoms with van der Waals surface area (Å²) < 4.78 is 36.0. The van der Waals surface area contributed by atoms with Crippen molar-refractivity contribution < 1.29 is 8.78 Å². The Morgan fingerprint density at radius 1 is 0.595 bits per heavy atom. The number of halogens is 2. The molecule has 7 aromatic rings. The molecule has 0 spiro atoms. The molecule has 0 aliphatic heterocycles. The van der Waals surface area contributed by atoms with Crippen molar-refractivity contribution in [2.24, 2.45) is 0 Å². The number of imidazole rings is 1. The van der Waals surface area contributed by atoms with Crippen molar-refractivity contribution in [3.05, 3.63) is 133 Å². The van der Waals surface area contributed by atoms with Crippen LogP contribution in [-0.2, 0) is 5.92 Å². The Bertz CT molecular complexity index is 1920. The van der Waals surface area contributed by atoms with Gasteiger partial charge in [0.15, 0.2) is 0 Å². The number of aromatic nitrogens is 4. The molecule has 0 N–H and O–H groups in total. The van der Waals surface area contributed by atoms with E-state index in [2.05, 4.69) is 9.97 Å². The molecule has 0 aliphatic rings. The number of alkyl halides is 2. The van der Waals surface area contributed by atoms with Crippen LogP contribution in [0.25, 0.3) is 44.3 Å². The molecule has 0 saturated heterocycles. The van der Waals surface area contributed by atoms with E-state index in [9.17, 15) is 0 Å². The zero-order valence-electron chi connectivity index (χ0n) is 19.6. The maximum absolute atomic E-state index is 16.1. The number of hydrogen-bond acceptors (Lipinski definition) is 2. The molecule has 0 unspecified atom stereocenters. The highest BCUT2D eigenvalue weighted by Gasteiger charge is 2.35. The monoisotopic (exact) mass is 486 g/mol. The molecule has 6 heteroatoms. The minimum Gasteiger partial charge on any atom is -0.299 e. The lowest BCUT2D eigenvalue weighted by Gasteiger charge is -2.19. The van der Waals surface area contributed by atoms with Crippen LogP contribution in [0, 0.1) is 0 Å². The van der Waals surface area contributed by atoms with Crippen LogP contribution >= 0.6 is 0 Å². The van der Waals surface area contributed by atoms with Gasteiger partial charge in [-0.3, -0.25) is 9.13 Å². The van der Waals surface area contributed by atoms with Gasteiger partial charge in [-0.25, -0.2) is 9.97 Å². The third-order valence-corrected chi connectivity index (χ3v) is 6.86. The predicted molar refractivity (Wildman–Crippen MR) is 143 cm³/mol. The van der Waals surface area contributed by atoms with Crippen molar-refractivity contribution in [3.8, 4) is 11.5 Å². The van der Waals surface area contributed by atoms with Gasteiger partial charge in [-0.15, -0.1) is 0 Å². The van der Waals surface area contributed by atoms with Gasteiger partial charge in [0.05, 0.1) is 22.1 Å². The molecule has 0 saturated carbocycles. The fraction of sp³-hybridized carbons (Fsp3) is 0.0323. The zero-order chi connectivity index (χ0) is 25.0. The number of para-hydroxylation sites is 3. The summed E-state index contributed by atoms with van der Waals surface area (Å²) in [6.07, 6.45) is 3.37. The van der Waals surface area contributed by atoms with E-state index in [1.807, 2.05) is 81.9 Å². The van der Waals surface area contributed by atoms with Crippen molar-refractivity contribution in [2.45, 2.75) is 5.92 Å². The fourth-order valence-electron chi connectivity index (χ4n) is 5.08. The van der Waals surface area contributed by atoms with E-state index in [4.69, 9.17) is 0 Å². The molecular formula is C31H20F2N4. The fourth-order valence-corrected chi connectivity index (χ4v) is 5.08. The van der Waals surface area contributed by atoms with E-state index in [1.54, 1.807) is 30.7 Å². The summed E-state index contributed by atoms with van der Waals surface area (Å²) >= 11 is 0. The number of nitrogens with zero attached hydrogens (tertiary/aromatic N) is 4. The summed E-state index contributed by atoms with van der Waals surface area (Å²) in [5.74, 6) is -2.53. The molecule has 37 heavy (non-hydrogen) atoms. The average molecular weight is 487 g/mol. The second-order valence-corrected chi connectivity index (χ2v) is 9.00. The summed E-state index contributed by atoms with van der Waals surface area (Å²) in [5.41, 5.74) is 3.76. The van der Waals surface area contributed by atoms with E-state index in [0.29, 0.717) is 17.0 Å². The summed E-state index contributed by atoms with van der Waals surface area (Å²) in [4.78, 5) is 8.91. The molecule has 0 radical (unpaired) electrons. The largest absolute Gasteiger partial charge is 0.299 e. The number of benzene rings is 4. The molecule has 3 aromatic heterocycles. The number of fused-ring (bicyclic) bond motifs is 4. The standard InChI is InChI=1S/C31H20F2N4/c32-31(33,21-8-7-9-23(18-21)36-20-35-26-11-2-4-13-28(26)36)22-15-16-25-24-10-1-3-12-27(24)37(29(25)19-22)30-14-5-6-17-34-30/h1-20H. The number of pyridine rings is 1. The Balaban J connectivity index is 1.40. The Labute approximate surface area is 211 Å². The Hall–Kier alpha value is -4.84. The minimum absolute atomic E-state index is 0.0763. The lowest BCUT2D eigenvalue weighted by molar-refractivity contribution is 0.0429. The maximum Gasteiger partial charge on any atom is 0.298 e. The minimum atomic E-state index is -3.22. The SMILES string of the molecule is FC(F)(c1cccc(-n2cnc3ccccc32)c1)c1ccc2c3ccccc3n(-c3ccccn3)c2c1. The third kappa shape index (κ3) is 3.33. The molecule has 4 aromatic carbocycles. The predicted octanol–water partition coefficient (Wildman–Crippen LogP) is 7.66. The molecule has 0 atom stereocenters. The smallest absolute Gasteiger partial charge is 0.298 e. The summed E-state index contributed by atoms with van der Waals surface area (Å²) in [6, 6.07) is 32.6. The molecule has 4 nitrogen and oxygen atoms in total. The van der Waals surface area contributed by atoms with E-state index in [1.165, 1.54) is 18.2 Å². The van der Waals surface area contributed by atoms with Crippen molar-refractivity contribution >= 4 is 32.8 Å². The maximum atomic E-state index is 16.1. The van der Waals surface area contributed by atoms with Crippen molar-refractivity contribution in [2.75, 3.05) is 0 Å². The van der Waals surface area contributed by atoms with Crippen LogP contribution in [0.1, 0.15) is 11.1 Å². The van der Waals surface area contributed by atoms with E-state index in [0.717, 1.165) is 27.3 Å². The average Bonchev–Trinajstić information content (AvgIpc) is 3.53. The Morgan fingerprint density at radius 2 is 1.35 bits per heavy atom. The molecule has 3 heterocycles. The van der Waals surface area contributed by atoms with Gasteiger partial charge in [-0.05, 0) is 48.5 Å². The van der Waals surface area contributed by atoms with E-state index < -0.39 is 5.92 Å². The van der Waals surface area contributed by atoms with Crippen LogP contribution in [0.5, 0.6) is 0 Å². The van der Waals surface area contributed by atoms with Crippen LogP contribution in [0.2, 0.25) is 0 Å². The topological polar surface area (TPSA) is 35.6 Å². The Kier molecular flexibility index (Phi) is 4.69. The quantitative estimate of drug-likeness (QED) is 0.256. The van der Waals surface area contributed by atoms with Gasteiger partial charge in [0.1, 0.15) is 12.1 Å². The first-order valence-electron chi connectivity index (χ1n) is 12.0. The lowest BCUT2D eigenvalue weighted by atomic mass is 9.98. The highest BCUT2D eigenvalue weighted by molar-refractivity contribution is 6.09. The first-order chi connectivity index (χ1) is 18.1. The van der Waals surface area contributed by atoms with Gasteiger partial charge < -0.3 is 0 Å². The number of rotatable bonds is 4. The molecule has 7 rings (SSSR count). The van der Waals surface area contributed by atoms with E-state index >= 15 is 8.78 Å². The molecule has 178 valence electrons. The van der Waals surface area contributed by atoms with Gasteiger partial charge >= 0.3 is 0 Å². The first-order valence-corrected chi connectivity index (χ1v) is 12.0. The number of hydrogen-bond donors (Lipinski definition) is 0. The third-order valence-electron chi connectivity index (χ3n) is 6.86. The van der Waals surface area contributed by atoms with Crippen molar-refractivity contribution in [1.29, 1.82) is 0 Å². The van der Waals surface area contributed by atoms with E-state index in [-0.39, 0.29) is 11.1 Å². The second kappa shape index (κ2) is 8.10. The lowest BCUT2D eigenvalue weighted by Crippen LogP contribution is -2.16. The Morgan fingerprint density at radius 3 is 2.22 bits per heavy atom. The summed E-state index contributed by atoms with van der Waals surface area (Å²) in [5, 5.41) is 1.89. The summed E-state index contributed by atoms with van der Waals surface area (Å²) in [6.45, 7) is 0. The van der Waals surface area contributed by atoms with Gasteiger partial charge in [0.25, 0.3) is 5.92 Å². The molecular weight excluding hydrogens is 466 g/mol. The normalized spacial score (nSPS) is 12.1. The van der Waals surface area contributed by atoms with Crippen LogP contribution < -0.4 is 0 Å². The summed E-state index contributed by atoms with van der Waals surface area (Å²) in [7, 11) is 0. The van der Waals surface area contributed by atoms with Gasteiger partial charge in [-0.2, -0.15) is 8.78 Å². The second-order valence-electron chi connectivity index (χ2n) is 9.00. The van der Waals surface area contributed by atoms with Crippen molar-refractivity contribution in [3.63, 3.8) is 0 Å². The van der Waals surface area contributed by atoms with Gasteiger partial charge in [-0.1, -0.05) is 60.7 Å². The van der Waals surface area contributed by atoms with Crippen molar-refractivity contribution in [1.82, 2.24) is 19.1 Å². The molecule has 0 aliphatic carbocycles. The van der Waals surface area contributed by atoms with Gasteiger partial charge in [0, 0.05) is 33.8 Å². The van der Waals surface area contributed by atoms with Crippen LogP contribution in [0.3, 0.4) is 0 Å². The van der Waals surface area contributed by atoms with Crippen LogP contribution in [0.15, 0.2) is 122 Å². The molecule has 0 fully saturated rings. The zero-order valence-corrected chi connectivity index (χ0v) is 19.6. The highest BCUT2D eigenvalue weighted by atomic mass is 19.3. The first kappa shape index (κ1) is 21.4. The van der Waals surface area contributed by atoms with Gasteiger partial charge in [0.2, 0.25) is 0 Å².